The van der Waals surface area contributed by atoms with Crippen LogP contribution in [0.25, 0.3) is 0 Å². The van der Waals surface area contributed by atoms with Crippen molar-refractivity contribution in [1.29, 1.82) is 0 Å². The smallest absolute Gasteiger partial charge is 0.194 e. The van der Waals surface area contributed by atoms with E-state index in [0.717, 1.165) is 42.7 Å². The van der Waals surface area contributed by atoms with E-state index < -0.39 is 5.60 Å². The van der Waals surface area contributed by atoms with Gasteiger partial charge in [0.1, 0.15) is 0 Å². The molecule has 1 unspecified atom stereocenters. The molecule has 3 N–H and O–H groups in total. The van der Waals surface area contributed by atoms with E-state index in [0.29, 0.717) is 6.54 Å². The van der Waals surface area contributed by atoms with Crippen LogP contribution in [0, 0.1) is 0 Å². The van der Waals surface area contributed by atoms with Crippen molar-refractivity contribution in [1.82, 2.24) is 15.2 Å². The molecule has 120 valence electrons. The quantitative estimate of drug-likeness (QED) is 0.384. The summed E-state index contributed by atoms with van der Waals surface area (Å²) in [5.74, 6) is 2.66. The minimum atomic E-state index is -0.626. The summed E-state index contributed by atoms with van der Waals surface area (Å²) in [6.07, 6.45) is 2.76. The standard InChI is InChI=1S/C14H24N4OS.HI/c1-3-15-13(17-10-14(19)6-8-20-11-14)18(2)9-12-5-4-7-16-12;/h4-5,7,16,19H,3,6,8-11H2,1-2H3,(H,15,17);1H. The Kier molecular flexibility index (Phi) is 7.89. The van der Waals surface area contributed by atoms with Gasteiger partial charge in [-0.05, 0) is 31.2 Å². The number of thioether (sulfide) groups is 1. The van der Waals surface area contributed by atoms with Crippen molar-refractivity contribution in [3.8, 4) is 0 Å². The Morgan fingerprint density at radius 2 is 2.43 bits per heavy atom. The molecule has 0 spiro atoms. The maximum atomic E-state index is 10.4. The summed E-state index contributed by atoms with van der Waals surface area (Å²) in [7, 11) is 2.01. The summed E-state index contributed by atoms with van der Waals surface area (Å²) in [6, 6.07) is 4.05. The maximum Gasteiger partial charge on any atom is 0.194 e. The number of rotatable bonds is 5. The molecule has 1 fully saturated rings. The lowest BCUT2D eigenvalue weighted by atomic mass is 10.1. The van der Waals surface area contributed by atoms with Crippen LogP contribution in [-0.2, 0) is 6.54 Å². The minimum Gasteiger partial charge on any atom is -0.387 e. The van der Waals surface area contributed by atoms with E-state index in [9.17, 15) is 5.11 Å². The summed E-state index contributed by atoms with van der Waals surface area (Å²) in [4.78, 5) is 9.86. The summed E-state index contributed by atoms with van der Waals surface area (Å²) < 4.78 is 0. The highest BCUT2D eigenvalue weighted by molar-refractivity contribution is 14.0. The van der Waals surface area contributed by atoms with Gasteiger partial charge in [-0.2, -0.15) is 11.8 Å². The number of nitrogens with zero attached hydrogens (tertiary/aromatic N) is 2. The molecule has 2 rings (SSSR count). The van der Waals surface area contributed by atoms with Gasteiger partial charge in [-0.25, -0.2) is 0 Å². The molecule has 0 saturated carbocycles. The lowest BCUT2D eigenvalue weighted by Crippen LogP contribution is -2.41. The van der Waals surface area contributed by atoms with Crippen molar-refractivity contribution in [3.05, 3.63) is 24.0 Å². The van der Waals surface area contributed by atoms with Gasteiger partial charge in [0.15, 0.2) is 5.96 Å². The van der Waals surface area contributed by atoms with E-state index in [1.54, 1.807) is 11.8 Å². The van der Waals surface area contributed by atoms with E-state index in [1.807, 2.05) is 19.3 Å². The van der Waals surface area contributed by atoms with Crippen LogP contribution in [0.3, 0.4) is 0 Å². The molecule has 7 heteroatoms. The number of aliphatic hydroxyl groups is 1. The molecule has 0 amide bonds. The maximum absolute atomic E-state index is 10.4. The molecule has 5 nitrogen and oxygen atoms in total. The molecule has 0 aromatic carbocycles. The summed E-state index contributed by atoms with van der Waals surface area (Å²) in [5.41, 5.74) is 0.520. The lowest BCUT2D eigenvalue weighted by molar-refractivity contribution is 0.0776. The van der Waals surface area contributed by atoms with E-state index in [-0.39, 0.29) is 24.0 Å². The first-order valence-electron chi connectivity index (χ1n) is 7.05. The first-order valence-corrected chi connectivity index (χ1v) is 8.20. The van der Waals surface area contributed by atoms with E-state index in [1.165, 1.54) is 0 Å². The van der Waals surface area contributed by atoms with E-state index >= 15 is 0 Å². The van der Waals surface area contributed by atoms with Crippen LogP contribution in [0.15, 0.2) is 23.3 Å². The van der Waals surface area contributed by atoms with Crippen LogP contribution < -0.4 is 5.32 Å². The molecule has 2 heterocycles. The van der Waals surface area contributed by atoms with Gasteiger partial charge in [-0.1, -0.05) is 0 Å². The summed E-state index contributed by atoms with van der Waals surface area (Å²) in [6.45, 7) is 4.11. The largest absolute Gasteiger partial charge is 0.387 e. The Morgan fingerprint density at radius 1 is 1.62 bits per heavy atom. The Hall–Kier alpha value is -0.410. The van der Waals surface area contributed by atoms with Crippen LogP contribution >= 0.6 is 35.7 Å². The third-order valence-electron chi connectivity index (χ3n) is 3.37. The van der Waals surface area contributed by atoms with Crippen LogP contribution in [0.2, 0.25) is 0 Å². The highest BCUT2D eigenvalue weighted by atomic mass is 127. The number of hydrogen-bond acceptors (Lipinski definition) is 3. The number of nitrogens with one attached hydrogen (secondary N) is 2. The summed E-state index contributed by atoms with van der Waals surface area (Å²) >= 11 is 1.80. The minimum absolute atomic E-state index is 0. The van der Waals surface area contributed by atoms with Crippen molar-refractivity contribution in [2.45, 2.75) is 25.5 Å². The fourth-order valence-corrected chi connectivity index (χ4v) is 3.49. The van der Waals surface area contributed by atoms with Gasteiger partial charge in [0.2, 0.25) is 0 Å². The average molecular weight is 424 g/mol. The normalized spacial score (nSPS) is 22.0. The second-order valence-corrected chi connectivity index (χ2v) is 6.35. The lowest BCUT2D eigenvalue weighted by Gasteiger charge is -2.24. The van der Waals surface area contributed by atoms with Gasteiger partial charge < -0.3 is 20.3 Å². The van der Waals surface area contributed by atoms with Gasteiger partial charge in [-0.3, -0.25) is 4.99 Å². The number of aromatic nitrogens is 1. The number of aromatic amines is 1. The Morgan fingerprint density at radius 3 is 3.00 bits per heavy atom. The van der Waals surface area contributed by atoms with Gasteiger partial charge in [-0.15, -0.1) is 24.0 Å². The van der Waals surface area contributed by atoms with Gasteiger partial charge in [0, 0.05) is 31.2 Å². The van der Waals surface area contributed by atoms with Crippen molar-refractivity contribution in [3.63, 3.8) is 0 Å². The zero-order valence-corrected chi connectivity index (χ0v) is 15.8. The molecule has 0 radical (unpaired) electrons. The molecule has 1 aromatic rings. The number of guanidine groups is 1. The highest BCUT2D eigenvalue weighted by Gasteiger charge is 2.31. The van der Waals surface area contributed by atoms with Crippen LogP contribution in [-0.4, -0.2) is 58.2 Å². The first-order chi connectivity index (χ1) is 9.63. The Labute approximate surface area is 148 Å². The van der Waals surface area contributed by atoms with Crippen LogP contribution in [0.1, 0.15) is 19.0 Å². The second-order valence-electron chi connectivity index (χ2n) is 5.25. The zero-order chi connectivity index (χ0) is 14.4. The third-order valence-corrected chi connectivity index (χ3v) is 4.61. The number of hydrogen-bond donors (Lipinski definition) is 3. The second kappa shape index (κ2) is 8.89. The molecule has 1 atom stereocenters. The van der Waals surface area contributed by atoms with Gasteiger partial charge in [0.05, 0.1) is 18.7 Å². The van der Waals surface area contributed by atoms with E-state index in [2.05, 4.69) is 33.2 Å². The molecule has 1 aliphatic heterocycles. The van der Waals surface area contributed by atoms with Crippen molar-refractivity contribution < 1.29 is 5.11 Å². The van der Waals surface area contributed by atoms with Crippen LogP contribution in [0.4, 0.5) is 0 Å². The molecule has 0 bridgehead atoms. The number of halogens is 1. The molecule has 1 saturated heterocycles. The fraction of sp³-hybridized carbons (Fsp3) is 0.643. The third kappa shape index (κ3) is 5.71. The number of H-pyrrole nitrogens is 1. The monoisotopic (exact) mass is 424 g/mol. The SMILES string of the molecule is CCNC(=NCC1(O)CCSC1)N(C)Cc1ccc[nH]1.I. The Balaban J connectivity index is 0.00000220. The van der Waals surface area contributed by atoms with Crippen molar-refractivity contribution in [2.75, 3.05) is 31.6 Å². The van der Waals surface area contributed by atoms with Gasteiger partial charge in [0.25, 0.3) is 0 Å². The predicted octanol–water partition coefficient (Wildman–Crippen LogP) is 1.90. The fourth-order valence-electron chi connectivity index (χ4n) is 2.21. The Bertz CT molecular complexity index is 432. The highest BCUT2D eigenvalue weighted by Crippen LogP contribution is 2.27. The zero-order valence-electron chi connectivity index (χ0n) is 12.6. The topological polar surface area (TPSA) is 63.7 Å². The molecule has 1 aliphatic rings. The molecule has 1 aromatic heterocycles. The average Bonchev–Trinajstić information content (AvgIpc) is 3.06. The molecule has 21 heavy (non-hydrogen) atoms. The molecular weight excluding hydrogens is 399 g/mol. The van der Waals surface area contributed by atoms with Crippen LogP contribution in [0.5, 0.6) is 0 Å². The van der Waals surface area contributed by atoms with Crippen molar-refractivity contribution in [2.24, 2.45) is 4.99 Å². The van der Waals surface area contributed by atoms with Crippen molar-refractivity contribution >= 4 is 41.7 Å². The first kappa shape index (κ1) is 18.6. The number of aliphatic imine (C=N–C) groups is 1. The summed E-state index contributed by atoms with van der Waals surface area (Å²) in [5, 5.41) is 13.6. The molecule has 0 aliphatic carbocycles. The van der Waals surface area contributed by atoms with E-state index in [4.69, 9.17) is 0 Å². The van der Waals surface area contributed by atoms with Gasteiger partial charge >= 0.3 is 0 Å². The predicted molar refractivity (Wildman–Crippen MR) is 101 cm³/mol. The molecular formula is C14H25IN4OS.